The summed E-state index contributed by atoms with van der Waals surface area (Å²) in [5, 5.41) is 12.8. The van der Waals surface area contributed by atoms with E-state index in [1.54, 1.807) is 0 Å². The van der Waals surface area contributed by atoms with E-state index in [1.165, 1.54) is 19.3 Å². The monoisotopic (exact) mass is 391 g/mol. The summed E-state index contributed by atoms with van der Waals surface area (Å²) in [5.41, 5.74) is 3.77. The van der Waals surface area contributed by atoms with E-state index in [4.69, 9.17) is 4.74 Å². The average Bonchev–Trinajstić information content (AvgIpc) is 3.28. The van der Waals surface area contributed by atoms with Crippen LogP contribution in [0.15, 0.2) is 0 Å². The van der Waals surface area contributed by atoms with Crippen LogP contribution in [0.2, 0.25) is 0 Å². The first-order valence-electron chi connectivity index (χ1n) is 11.6. The third-order valence-electron chi connectivity index (χ3n) is 8.00. The van der Waals surface area contributed by atoms with Crippen LogP contribution in [0.4, 0.5) is 0 Å². The van der Waals surface area contributed by atoms with Gasteiger partial charge < -0.3 is 20.7 Å². The molecule has 4 heterocycles. The first-order valence-corrected chi connectivity index (χ1v) is 11.6. The molecule has 1 saturated carbocycles. The Labute approximate surface area is 168 Å². The topological polar surface area (TPSA) is 77.7 Å². The van der Waals surface area contributed by atoms with Gasteiger partial charge in [0.05, 0.1) is 18.2 Å². The van der Waals surface area contributed by atoms with Gasteiger partial charge in [0, 0.05) is 38.3 Å². The molecule has 4 N–H and O–H groups in total. The van der Waals surface area contributed by atoms with Crippen molar-refractivity contribution < 1.29 is 9.53 Å². The van der Waals surface area contributed by atoms with E-state index in [0.717, 1.165) is 57.7 Å². The standard InChI is InChI=1S/C21H37N5O2/c1-26-19-6-3-8-23-21(27)18-11-14(12-24-18)28-13-7-9-22-17(10-13)15-4-2-5-16(25-26)20(15)19/h13-20,22,24-25H,2-12H2,1H3,(H,23,27)/t13?,14-,15?,16?,17?,18-,19?,20?/m0/s1. The van der Waals surface area contributed by atoms with Gasteiger partial charge in [0.25, 0.3) is 0 Å². The summed E-state index contributed by atoms with van der Waals surface area (Å²) in [6.45, 7) is 2.64. The Balaban J connectivity index is 1.37. The summed E-state index contributed by atoms with van der Waals surface area (Å²) in [6.07, 6.45) is 9.68. The quantitative estimate of drug-likeness (QED) is 0.478. The third kappa shape index (κ3) is 3.72. The largest absolute Gasteiger partial charge is 0.373 e. The van der Waals surface area contributed by atoms with Crippen LogP contribution in [0.1, 0.15) is 51.4 Å². The van der Waals surface area contributed by atoms with Crippen LogP contribution in [0.25, 0.3) is 0 Å². The maximum atomic E-state index is 12.5. The molecule has 1 amide bonds. The highest BCUT2D eigenvalue weighted by Crippen LogP contribution is 2.42. The molecular weight excluding hydrogens is 354 g/mol. The molecule has 4 saturated heterocycles. The minimum Gasteiger partial charge on any atom is -0.373 e. The van der Waals surface area contributed by atoms with E-state index in [1.807, 2.05) is 0 Å². The zero-order valence-corrected chi connectivity index (χ0v) is 17.2. The number of hydrazine groups is 1. The SMILES string of the molecule is CN1NC2CCCC3C4CC(CCN4)O[C@@H]4CN[C@@H](C4)C(=O)NCCCC1C23. The lowest BCUT2D eigenvalue weighted by Crippen LogP contribution is -2.52. The highest BCUT2D eigenvalue weighted by molar-refractivity contribution is 5.82. The van der Waals surface area contributed by atoms with Gasteiger partial charge in [-0.05, 0) is 63.3 Å². The predicted octanol–water partition coefficient (Wildman–Crippen LogP) is 0.368. The minimum atomic E-state index is -0.0876. The van der Waals surface area contributed by atoms with Crippen LogP contribution in [-0.2, 0) is 9.53 Å². The van der Waals surface area contributed by atoms with Gasteiger partial charge in [-0.25, -0.2) is 5.01 Å². The van der Waals surface area contributed by atoms with Crippen LogP contribution in [0.5, 0.6) is 0 Å². The Kier molecular flexibility index (Phi) is 5.63. The van der Waals surface area contributed by atoms with Gasteiger partial charge in [-0.15, -0.1) is 0 Å². The van der Waals surface area contributed by atoms with Gasteiger partial charge in [0.2, 0.25) is 5.91 Å². The van der Waals surface area contributed by atoms with Crippen LogP contribution >= 0.6 is 0 Å². The number of rotatable bonds is 0. The predicted molar refractivity (Wildman–Crippen MR) is 108 cm³/mol. The van der Waals surface area contributed by atoms with Gasteiger partial charge in [-0.1, -0.05) is 6.42 Å². The molecule has 6 unspecified atom stereocenters. The number of piperidine rings is 1. The van der Waals surface area contributed by atoms with Gasteiger partial charge in [-0.2, -0.15) is 0 Å². The molecule has 4 aliphatic heterocycles. The van der Waals surface area contributed by atoms with E-state index < -0.39 is 0 Å². The number of carbonyl (C=O) groups excluding carboxylic acids is 1. The molecule has 5 fully saturated rings. The van der Waals surface area contributed by atoms with E-state index in [0.29, 0.717) is 30.1 Å². The Morgan fingerprint density at radius 2 is 1.89 bits per heavy atom. The number of hydrogen-bond donors (Lipinski definition) is 4. The van der Waals surface area contributed by atoms with Crippen molar-refractivity contribution in [1.29, 1.82) is 0 Å². The molecule has 4 bridgehead atoms. The molecule has 7 heteroatoms. The molecule has 5 rings (SSSR count). The maximum Gasteiger partial charge on any atom is 0.237 e. The van der Waals surface area contributed by atoms with Gasteiger partial charge in [0.15, 0.2) is 0 Å². The van der Waals surface area contributed by atoms with Gasteiger partial charge in [-0.3, -0.25) is 10.2 Å². The lowest BCUT2D eigenvalue weighted by atomic mass is 9.68. The number of nitrogens with zero attached hydrogens (tertiary/aromatic N) is 1. The highest BCUT2D eigenvalue weighted by atomic mass is 16.5. The Morgan fingerprint density at radius 3 is 2.82 bits per heavy atom. The van der Waals surface area contributed by atoms with E-state index in [9.17, 15) is 4.79 Å². The summed E-state index contributed by atoms with van der Waals surface area (Å²) in [4.78, 5) is 12.5. The fourth-order valence-corrected chi connectivity index (χ4v) is 6.72. The fourth-order valence-electron chi connectivity index (χ4n) is 6.72. The molecule has 0 spiro atoms. The highest BCUT2D eigenvalue weighted by Gasteiger charge is 2.48. The first-order chi connectivity index (χ1) is 13.7. The summed E-state index contributed by atoms with van der Waals surface area (Å²) in [7, 11) is 2.22. The van der Waals surface area contributed by atoms with E-state index in [2.05, 4.69) is 33.4 Å². The van der Waals surface area contributed by atoms with E-state index in [-0.39, 0.29) is 18.1 Å². The van der Waals surface area contributed by atoms with Crippen molar-refractivity contribution in [2.45, 2.75) is 87.7 Å². The van der Waals surface area contributed by atoms with Gasteiger partial charge in [0.1, 0.15) is 0 Å². The number of ether oxygens (including phenoxy) is 1. The van der Waals surface area contributed by atoms with Crippen molar-refractivity contribution in [3.8, 4) is 0 Å². The number of nitrogens with one attached hydrogen (secondary N) is 4. The summed E-state index contributed by atoms with van der Waals surface area (Å²) >= 11 is 0. The number of fused-ring (bicyclic) bond motifs is 5. The molecule has 1 aliphatic carbocycles. The zero-order chi connectivity index (χ0) is 19.1. The Bertz CT molecular complexity index is 575. The summed E-state index contributed by atoms with van der Waals surface area (Å²) < 4.78 is 6.50. The second kappa shape index (κ2) is 8.19. The summed E-state index contributed by atoms with van der Waals surface area (Å²) in [6, 6.07) is 1.66. The lowest BCUT2D eigenvalue weighted by Gasteiger charge is -2.44. The van der Waals surface area contributed by atoms with Crippen molar-refractivity contribution in [2.75, 3.05) is 26.7 Å². The van der Waals surface area contributed by atoms with Crippen molar-refractivity contribution in [3.05, 3.63) is 0 Å². The van der Waals surface area contributed by atoms with Crippen LogP contribution in [-0.4, -0.2) is 74.0 Å². The van der Waals surface area contributed by atoms with Crippen molar-refractivity contribution in [1.82, 2.24) is 26.4 Å². The molecule has 28 heavy (non-hydrogen) atoms. The Morgan fingerprint density at radius 1 is 0.964 bits per heavy atom. The van der Waals surface area contributed by atoms with Crippen molar-refractivity contribution in [3.63, 3.8) is 0 Å². The Hall–Kier alpha value is -0.730. The molecule has 7 nitrogen and oxygen atoms in total. The second-order valence-corrected chi connectivity index (χ2v) is 9.68. The average molecular weight is 392 g/mol. The van der Waals surface area contributed by atoms with Crippen LogP contribution in [0.3, 0.4) is 0 Å². The minimum absolute atomic E-state index is 0.0876. The molecule has 0 aromatic heterocycles. The van der Waals surface area contributed by atoms with Crippen LogP contribution < -0.4 is 21.4 Å². The normalized spacial score (nSPS) is 47.7. The van der Waals surface area contributed by atoms with E-state index >= 15 is 0 Å². The molecule has 5 aliphatic rings. The molecule has 158 valence electrons. The molecule has 0 aromatic carbocycles. The molecule has 8 atom stereocenters. The van der Waals surface area contributed by atoms with Crippen LogP contribution in [0, 0.1) is 11.8 Å². The smallest absolute Gasteiger partial charge is 0.237 e. The summed E-state index contributed by atoms with van der Waals surface area (Å²) in [5.74, 6) is 1.58. The molecule has 0 radical (unpaired) electrons. The third-order valence-corrected chi connectivity index (χ3v) is 8.00. The van der Waals surface area contributed by atoms with Crippen molar-refractivity contribution in [2.24, 2.45) is 11.8 Å². The number of hydrogen-bond acceptors (Lipinski definition) is 6. The number of carbonyl (C=O) groups is 1. The first kappa shape index (κ1) is 19.2. The van der Waals surface area contributed by atoms with Gasteiger partial charge >= 0.3 is 0 Å². The molecular formula is C21H37N5O2. The number of amides is 1. The van der Waals surface area contributed by atoms with Crippen molar-refractivity contribution >= 4 is 5.91 Å². The lowest BCUT2D eigenvalue weighted by molar-refractivity contribution is -0.123. The second-order valence-electron chi connectivity index (χ2n) is 9.68. The zero-order valence-electron chi connectivity index (χ0n) is 17.2. The molecule has 0 aromatic rings. The maximum absolute atomic E-state index is 12.5. The fraction of sp³-hybridized carbons (Fsp3) is 0.952.